The second kappa shape index (κ2) is 9.32. The predicted octanol–water partition coefficient (Wildman–Crippen LogP) is 1.61. The molecule has 0 saturated carbocycles. The molecule has 9 nitrogen and oxygen atoms in total. The average molecular weight is 444 g/mol. The summed E-state index contributed by atoms with van der Waals surface area (Å²) in [6, 6.07) is 9.67. The van der Waals surface area contributed by atoms with E-state index in [1.807, 2.05) is 4.90 Å². The van der Waals surface area contributed by atoms with Gasteiger partial charge in [0.05, 0.1) is 12.7 Å². The van der Waals surface area contributed by atoms with E-state index in [2.05, 4.69) is 15.8 Å². The summed E-state index contributed by atoms with van der Waals surface area (Å²) in [5.41, 5.74) is 0.763. The van der Waals surface area contributed by atoms with E-state index in [0.717, 1.165) is 0 Å². The first-order chi connectivity index (χ1) is 14.8. The Hall–Kier alpha value is -3.16. The number of carbonyl (C=O) groups is 1. The molecule has 1 fully saturated rings. The molecule has 10 heteroatoms. The Morgan fingerprint density at radius 2 is 1.94 bits per heavy atom. The van der Waals surface area contributed by atoms with Crippen molar-refractivity contribution in [3.8, 4) is 11.8 Å². The molecular formula is C21H25N5O4S. The second-order valence-electron chi connectivity index (χ2n) is 7.41. The highest BCUT2D eigenvalue weighted by molar-refractivity contribution is 7.89. The second-order valence-corrected chi connectivity index (χ2v) is 9.09. The minimum atomic E-state index is -3.83. The zero-order valence-corrected chi connectivity index (χ0v) is 18.5. The van der Waals surface area contributed by atoms with E-state index in [-0.39, 0.29) is 28.2 Å². The summed E-state index contributed by atoms with van der Waals surface area (Å²) >= 11 is 0. The number of nitrogens with one attached hydrogen (secondary N) is 1. The molecule has 1 aliphatic heterocycles. The molecule has 1 amide bonds. The van der Waals surface area contributed by atoms with Crippen LogP contribution in [0.1, 0.15) is 29.8 Å². The number of rotatable bonds is 6. The quantitative estimate of drug-likeness (QED) is 0.721. The van der Waals surface area contributed by atoms with Gasteiger partial charge < -0.3 is 14.5 Å². The summed E-state index contributed by atoms with van der Waals surface area (Å²) in [4.78, 5) is 20.9. The van der Waals surface area contributed by atoms with Crippen LogP contribution in [0.5, 0.6) is 5.75 Å². The monoisotopic (exact) mass is 443 g/mol. The van der Waals surface area contributed by atoms with E-state index >= 15 is 0 Å². The van der Waals surface area contributed by atoms with Crippen LogP contribution >= 0.6 is 0 Å². The molecule has 2 aromatic rings. The zero-order chi connectivity index (χ0) is 22.6. The first kappa shape index (κ1) is 22.5. The van der Waals surface area contributed by atoms with Crippen molar-refractivity contribution < 1.29 is 17.9 Å². The number of methoxy groups -OCH3 is 1. The maximum absolute atomic E-state index is 13.1. The number of hydrogen-bond acceptors (Lipinski definition) is 7. The highest BCUT2D eigenvalue weighted by Gasteiger charge is 2.27. The minimum Gasteiger partial charge on any atom is -0.495 e. The molecule has 0 aliphatic carbocycles. The van der Waals surface area contributed by atoms with Crippen LogP contribution in [0.15, 0.2) is 41.4 Å². The Kier molecular flexibility index (Phi) is 6.77. The van der Waals surface area contributed by atoms with Crippen LogP contribution in [0.3, 0.4) is 0 Å². The van der Waals surface area contributed by atoms with Gasteiger partial charge in [0.2, 0.25) is 10.0 Å². The SMILES string of the molecule is COc1ccc(C(=O)N2CCN(c3ncccc3C#N)CC2)cc1S(=O)(=O)NC(C)C. The van der Waals surface area contributed by atoms with Crippen molar-refractivity contribution in [1.29, 1.82) is 5.26 Å². The standard InChI is InChI=1S/C21H25N5O4S/c1-15(2)24-31(28,29)19-13-16(6-7-18(19)30-3)21(27)26-11-9-25(10-12-26)20-17(14-22)5-4-8-23-20/h4-8,13,15,24H,9-12H2,1-3H3. The molecule has 31 heavy (non-hydrogen) atoms. The van der Waals surface area contributed by atoms with Crippen molar-refractivity contribution >= 4 is 21.7 Å². The Labute approximate surface area is 182 Å². The van der Waals surface area contributed by atoms with E-state index in [1.54, 1.807) is 43.1 Å². The number of hydrogen-bond donors (Lipinski definition) is 1. The third-order valence-electron chi connectivity index (χ3n) is 4.86. The van der Waals surface area contributed by atoms with Gasteiger partial charge in [-0.25, -0.2) is 18.1 Å². The summed E-state index contributed by atoms with van der Waals surface area (Å²) in [6.07, 6.45) is 1.64. The van der Waals surface area contributed by atoms with Crippen LogP contribution in [0.4, 0.5) is 5.82 Å². The molecule has 1 saturated heterocycles. The highest BCUT2D eigenvalue weighted by Crippen LogP contribution is 2.26. The number of benzene rings is 1. The molecule has 1 N–H and O–H groups in total. The zero-order valence-electron chi connectivity index (χ0n) is 17.7. The molecule has 164 valence electrons. The molecule has 1 aromatic heterocycles. The Bertz CT molecular complexity index is 1100. The van der Waals surface area contributed by atoms with Gasteiger partial charge in [0, 0.05) is 44.0 Å². The molecule has 0 bridgehead atoms. The summed E-state index contributed by atoms with van der Waals surface area (Å²) in [5, 5.41) is 9.28. The van der Waals surface area contributed by atoms with Crippen LogP contribution in [0, 0.1) is 11.3 Å². The number of carbonyl (C=O) groups excluding carboxylic acids is 1. The Morgan fingerprint density at radius 3 is 2.55 bits per heavy atom. The Morgan fingerprint density at radius 1 is 1.23 bits per heavy atom. The van der Waals surface area contributed by atoms with Crippen molar-refractivity contribution in [3.05, 3.63) is 47.7 Å². The van der Waals surface area contributed by atoms with Crippen LogP contribution in [-0.4, -0.2) is 63.5 Å². The maximum Gasteiger partial charge on any atom is 0.254 e. The van der Waals surface area contributed by atoms with Gasteiger partial charge in [-0.15, -0.1) is 0 Å². The molecule has 0 spiro atoms. The summed E-state index contributed by atoms with van der Waals surface area (Å²) < 4.78 is 33.1. The number of nitrogens with zero attached hydrogens (tertiary/aromatic N) is 4. The predicted molar refractivity (Wildman–Crippen MR) is 116 cm³/mol. The average Bonchev–Trinajstić information content (AvgIpc) is 2.77. The maximum atomic E-state index is 13.1. The number of pyridine rings is 1. The van der Waals surface area contributed by atoms with Gasteiger partial charge >= 0.3 is 0 Å². The highest BCUT2D eigenvalue weighted by atomic mass is 32.2. The molecule has 0 radical (unpaired) electrons. The minimum absolute atomic E-state index is 0.0691. The van der Waals surface area contributed by atoms with Crippen molar-refractivity contribution in [3.63, 3.8) is 0 Å². The normalized spacial score (nSPS) is 14.4. The fourth-order valence-corrected chi connectivity index (χ4v) is 4.88. The Balaban J connectivity index is 1.78. The number of ether oxygens (including phenoxy) is 1. The van der Waals surface area contributed by atoms with Gasteiger partial charge in [-0.05, 0) is 44.2 Å². The van der Waals surface area contributed by atoms with E-state index in [9.17, 15) is 18.5 Å². The van der Waals surface area contributed by atoms with Crippen LogP contribution in [0.2, 0.25) is 0 Å². The lowest BCUT2D eigenvalue weighted by Gasteiger charge is -2.35. The van der Waals surface area contributed by atoms with Gasteiger partial charge in [0.15, 0.2) is 0 Å². The number of anilines is 1. The molecule has 0 atom stereocenters. The topological polar surface area (TPSA) is 116 Å². The number of piperazine rings is 1. The van der Waals surface area contributed by atoms with Gasteiger partial charge in [-0.3, -0.25) is 4.79 Å². The van der Waals surface area contributed by atoms with Crippen molar-refractivity contribution in [1.82, 2.24) is 14.6 Å². The number of sulfonamides is 1. The first-order valence-corrected chi connectivity index (χ1v) is 11.3. The van der Waals surface area contributed by atoms with Gasteiger partial charge in [0.25, 0.3) is 5.91 Å². The molecular weight excluding hydrogens is 418 g/mol. The lowest BCUT2D eigenvalue weighted by atomic mass is 10.1. The number of amides is 1. The lowest BCUT2D eigenvalue weighted by Crippen LogP contribution is -2.49. The fraction of sp³-hybridized carbons (Fsp3) is 0.381. The van der Waals surface area contributed by atoms with Gasteiger partial charge in [-0.1, -0.05) is 0 Å². The van der Waals surface area contributed by atoms with Crippen molar-refractivity contribution in [2.45, 2.75) is 24.8 Å². The summed E-state index contributed by atoms with van der Waals surface area (Å²) in [7, 11) is -2.45. The number of nitriles is 1. The number of aromatic nitrogens is 1. The third-order valence-corrected chi connectivity index (χ3v) is 6.54. The van der Waals surface area contributed by atoms with Crippen molar-refractivity contribution in [2.75, 3.05) is 38.2 Å². The van der Waals surface area contributed by atoms with Gasteiger partial charge in [0.1, 0.15) is 22.5 Å². The van der Waals surface area contributed by atoms with Crippen molar-refractivity contribution in [2.24, 2.45) is 0 Å². The molecule has 2 heterocycles. The third kappa shape index (κ3) is 4.95. The van der Waals surface area contributed by atoms with E-state index < -0.39 is 10.0 Å². The fourth-order valence-electron chi connectivity index (χ4n) is 3.43. The smallest absolute Gasteiger partial charge is 0.254 e. The van der Waals surface area contributed by atoms with E-state index in [1.165, 1.54) is 19.2 Å². The van der Waals surface area contributed by atoms with Crippen LogP contribution in [0.25, 0.3) is 0 Å². The van der Waals surface area contributed by atoms with E-state index in [0.29, 0.717) is 37.6 Å². The molecule has 1 aromatic carbocycles. The van der Waals surface area contributed by atoms with Crippen LogP contribution in [-0.2, 0) is 10.0 Å². The largest absolute Gasteiger partial charge is 0.495 e. The van der Waals surface area contributed by atoms with Gasteiger partial charge in [-0.2, -0.15) is 5.26 Å². The molecule has 3 rings (SSSR count). The van der Waals surface area contributed by atoms with Crippen LogP contribution < -0.4 is 14.4 Å². The molecule has 1 aliphatic rings. The lowest BCUT2D eigenvalue weighted by molar-refractivity contribution is 0.0746. The summed E-state index contributed by atoms with van der Waals surface area (Å²) in [6.45, 7) is 5.34. The molecule has 0 unspecified atom stereocenters. The summed E-state index contributed by atoms with van der Waals surface area (Å²) in [5.74, 6) is 0.521. The van der Waals surface area contributed by atoms with E-state index in [4.69, 9.17) is 4.74 Å². The first-order valence-electron chi connectivity index (χ1n) is 9.86.